The minimum absolute atomic E-state index is 0.119. The van der Waals surface area contributed by atoms with Gasteiger partial charge in [0.05, 0.1) is 16.6 Å². The van der Waals surface area contributed by atoms with Crippen molar-refractivity contribution in [3.63, 3.8) is 0 Å². The molecule has 1 amide bonds. The molecular formula is C26H33N5O. The van der Waals surface area contributed by atoms with Crippen molar-refractivity contribution >= 4 is 22.8 Å². The zero-order chi connectivity index (χ0) is 22.1. The quantitative estimate of drug-likeness (QED) is 0.600. The normalized spacial score (nSPS) is 18.4. The minimum Gasteiger partial charge on any atom is -0.356 e. The van der Waals surface area contributed by atoms with E-state index in [1.807, 2.05) is 17.0 Å². The van der Waals surface area contributed by atoms with Gasteiger partial charge in [0, 0.05) is 44.8 Å². The fraction of sp³-hybridized carbons (Fsp3) is 0.500. The highest BCUT2D eigenvalue weighted by molar-refractivity contribution is 5.94. The van der Waals surface area contributed by atoms with Gasteiger partial charge in [-0.2, -0.15) is 0 Å². The Morgan fingerprint density at radius 3 is 2.44 bits per heavy atom. The Balaban J connectivity index is 1.25. The van der Waals surface area contributed by atoms with Gasteiger partial charge in [-0.25, -0.2) is 9.97 Å². The van der Waals surface area contributed by atoms with Crippen LogP contribution in [-0.2, 0) is 6.42 Å². The van der Waals surface area contributed by atoms with E-state index in [0.717, 1.165) is 75.5 Å². The number of aromatic nitrogens is 3. The third-order valence-electron chi connectivity index (χ3n) is 7.20. The second-order valence-corrected chi connectivity index (χ2v) is 9.34. The van der Waals surface area contributed by atoms with Crippen molar-refractivity contribution in [3.05, 3.63) is 54.0 Å². The van der Waals surface area contributed by atoms with Crippen LogP contribution in [0.1, 0.15) is 61.8 Å². The number of hydrogen-bond donors (Lipinski definition) is 0. The number of piperidine rings is 2. The van der Waals surface area contributed by atoms with Gasteiger partial charge in [0.1, 0.15) is 11.6 Å². The Morgan fingerprint density at radius 2 is 1.75 bits per heavy atom. The molecule has 2 aromatic heterocycles. The molecule has 6 nitrogen and oxygen atoms in total. The van der Waals surface area contributed by atoms with E-state index in [1.54, 1.807) is 6.20 Å². The number of rotatable bonds is 4. The zero-order valence-electron chi connectivity index (χ0n) is 19.2. The topological polar surface area (TPSA) is 54.3 Å². The molecule has 0 saturated carbocycles. The molecule has 1 aromatic carbocycles. The van der Waals surface area contributed by atoms with Crippen molar-refractivity contribution in [1.29, 1.82) is 0 Å². The lowest BCUT2D eigenvalue weighted by molar-refractivity contribution is 0.0697. The SMILES string of the molecule is CCc1nc2ccccc2n1C1CCN(c2ccc(C(=O)N3CCC(C)CC3)cn2)CC1. The molecule has 5 rings (SSSR count). The Hall–Kier alpha value is -2.89. The first-order chi connectivity index (χ1) is 15.6. The van der Waals surface area contributed by atoms with Crippen LogP contribution in [0.3, 0.4) is 0 Å². The number of pyridine rings is 1. The second kappa shape index (κ2) is 8.93. The number of nitrogens with zero attached hydrogens (tertiary/aromatic N) is 5. The fourth-order valence-corrected chi connectivity index (χ4v) is 5.20. The Labute approximate surface area is 190 Å². The van der Waals surface area contributed by atoms with E-state index < -0.39 is 0 Å². The summed E-state index contributed by atoms with van der Waals surface area (Å²) < 4.78 is 2.46. The first-order valence-electron chi connectivity index (χ1n) is 12.1. The van der Waals surface area contributed by atoms with Gasteiger partial charge in [-0.1, -0.05) is 26.0 Å². The maximum Gasteiger partial charge on any atom is 0.255 e. The molecule has 0 atom stereocenters. The summed E-state index contributed by atoms with van der Waals surface area (Å²) >= 11 is 0. The predicted octanol–water partition coefficient (Wildman–Crippen LogP) is 4.71. The lowest BCUT2D eigenvalue weighted by atomic mass is 9.99. The van der Waals surface area contributed by atoms with Crippen molar-refractivity contribution in [3.8, 4) is 0 Å². The Kier molecular flexibility index (Phi) is 5.85. The van der Waals surface area contributed by atoms with E-state index in [0.29, 0.717) is 11.6 Å². The molecule has 2 aliphatic rings. The number of amides is 1. The molecule has 2 aliphatic heterocycles. The van der Waals surface area contributed by atoms with Gasteiger partial charge in [-0.05, 0) is 55.9 Å². The first-order valence-corrected chi connectivity index (χ1v) is 12.1. The van der Waals surface area contributed by atoms with Gasteiger partial charge in [-0.15, -0.1) is 0 Å². The Bertz CT molecular complexity index is 1070. The van der Waals surface area contributed by atoms with E-state index >= 15 is 0 Å². The number of para-hydroxylation sites is 2. The van der Waals surface area contributed by atoms with Crippen LogP contribution in [0.4, 0.5) is 5.82 Å². The van der Waals surface area contributed by atoms with E-state index in [-0.39, 0.29) is 5.91 Å². The van der Waals surface area contributed by atoms with Gasteiger partial charge in [0.25, 0.3) is 5.91 Å². The fourth-order valence-electron chi connectivity index (χ4n) is 5.20. The van der Waals surface area contributed by atoms with E-state index in [2.05, 4.69) is 52.6 Å². The molecule has 2 fully saturated rings. The number of imidazole rings is 1. The standard InChI is InChI=1S/C26H33N5O/c1-3-24-28-22-6-4-5-7-23(22)31(24)21-12-16-29(17-13-21)25-9-8-20(18-27-25)26(32)30-14-10-19(2)11-15-30/h4-9,18-19,21H,3,10-17H2,1-2H3. The highest BCUT2D eigenvalue weighted by Gasteiger charge is 2.25. The summed E-state index contributed by atoms with van der Waals surface area (Å²) in [4.78, 5) is 26.6. The lowest BCUT2D eigenvalue weighted by Gasteiger charge is -2.34. The van der Waals surface area contributed by atoms with Crippen LogP contribution >= 0.6 is 0 Å². The molecule has 32 heavy (non-hydrogen) atoms. The summed E-state index contributed by atoms with van der Waals surface area (Å²) in [5, 5.41) is 0. The van der Waals surface area contributed by atoms with Crippen LogP contribution < -0.4 is 4.90 Å². The van der Waals surface area contributed by atoms with Crippen molar-refractivity contribution in [2.24, 2.45) is 5.92 Å². The van der Waals surface area contributed by atoms with E-state index in [1.165, 1.54) is 11.3 Å². The van der Waals surface area contributed by atoms with Crippen molar-refractivity contribution < 1.29 is 4.79 Å². The van der Waals surface area contributed by atoms with Crippen LogP contribution in [0.15, 0.2) is 42.6 Å². The molecule has 0 N–H and O–H groups in total. The molecule has 6 heteroatoms. The largest absolute Gasteiger partial charge is 0.356 e. The molecule has 3 aromatic rings. The van der Waals surface area contributed by atoms with Crippen molar-refractivity contribution in [2.75, 3.05) is 31.1 Å². The van der Waals surface area contributed by atoms with Crippen LogP contribution in [-0.4, -0.2) is 51.5 Å². The van der Waals surface area contributed by atoms with E-state index in [4.69, 9.17) is 4.98 Å². The molecule has 0 unspecified atom stereocenters. The summed E-state index contributed by atoms with van der Waals surface area (Å²) in [6.07, 6.45) is 7.04. The van der Waals surface area contributed by atoms with Crippen molar-refractivity contribution in [2.45, 2.75) is 52.0 Å². The molecule has 168 valence electrons. The van der Waals surface area contributed by atoms with Gasteiger partial charge < -0.3 is 14.4 Å². The number of aryl methyl sites for hydroxylation is 1. The monoisotopic (exact) mass is 431 g/mol. The van der Waals surface area contributed by atoms with Gasteiger partial charge in [0.2, 0.25) is 0 Å². The number of fused-ring (bicyclic) bond motifs is 1. The lowest BCUT2D eigenvalue weighted by Crippen LogP contribution is -2.38. The number of carbonyl (C=O) groups excluding carboxylic acids is 1. The van der Waals surface area contributed by atoms with Crippen molar-refractivity contribution in [1.82, 2.24) is 19.4 Å². The average molecular weight is 432 g/mol. The number of likely N-dealkylation sites (tertiary alicyclic amines) is 1. The maximum atomic E-state index is 12.8. The predicted molar refractivity (Wildman–Crippen MR) is 128 cm³/mol. The second-order valence-electron chi connectivity index (χ2n) is 9.34. The van der Waals surface area contributed by atoms with Crippen LogP contribution in [0.5, 0.6) is 0 Å². The first kappa shape index (κ1) is 21.0. The number of anilines is 1. The van der Waals surface area contributed by atoms with Crippen LogP contribution in [0, 0.1) is 5.92 Å². The number of benzene rings is 1. The number of hydrogen-bond acceptors (Lipinski definition) is 4. The maximum absolute atomic E-state index is 12.8. The molecule has 0 radical (unpaired) electrons. The summed E-state index contributed by atoms with van der Waals surface area (Å²) in [5.74, 6) is 2.99. The van der Waals surface area contributed by atoms with Gasteiger partial charge >= 0.3 is 0 Å². The zero-order valence-corrected chi connectivity index (χ0v) is 19.2. The third-order valence-corrected chi connectivity index (χ3v) is 7.20. The average Bonchev–Trinajstić information content (AvgIpc) is 3.23. The van der Waals surface area contributed by atoms with Crippen LogP contribution in [0.25, 0.3) is 11.0 Å². The molecular weight excluding hydrogens is 398 g/mol. The molecule has 4 heterocycles. The van der Waals surface area contributed by atoms with Gasteiger partial charge in [0.15, 0.2) is 0 Å². The van der Waals surface area contributed by atoms with Gasteiger partial charge in [-0.3, -0.25) is 4.79 Å². The molecule has 0 bridgehead atoms. The smallest absolute Gasteiger partial charge is 0.255 e. The third kappa shape index (κ3) is 3.98. The number of carbonyl (C=O) groups is 1. The molecule has 0 spiro atoms. The highest BCUT2D eigenvalue weighted by Crippen LogP contribution is 2.30. The summed E-state index contributed by atoms with van der Waals surface area (Å²) in [5.41, 5.74) is 3.04. The Morgan fingerprint density at radius 1 is 1.00 bits per heavy atom. The molecule has 0 aliphatic carbocycles. The van der Waals surface area contributed by atoms with E-state index in [9.17, 15) is 4.79 Å². The highest BCUT2D eigenvalue weighted by atomic mass is 16.2. The summed E-state index contributed by atoms with van der Waals surface area (Å²) in [6.45, 7) is 8.09. The van der Waals surface area contributed by atoms with Crippen LogP contribution in [0.2, 0.25) is 0 Å². The molecule has 2 saturated heterocycles. The summed E-state index contributed by atoms with van der Waals surface area (Å²) in [6, 6.07) is 12.9. The minimum atomic E-state index is 0.119. The summed E-state index contributed by atoms with van der Waals surface area (Å²) in [7, 11) is 0.